The Morgan fingerprint density at radius 2 is 2.05 bits per heavy atom. The van der Waals surface area contributed by atoms with Gasteiger partial charge in [-0.2, -0.15) is 0 Å². The van der Waals surface area contributed by atoms with Crippen LogP contribution in [0.3, 0.4) is 0 Å². The van der Waals surface area contributed by atoms with Gasteiger partial charge >= 0.3 is 0 Å². The predicted molar refractivity (Wildman–Crippen MR) is 86.9 cm³/mol. The van der Waals surface area contributed by atoms with Crippen molar-refractivity contribution in [2.75, 3.05) is 4.90 Å². The molecule has 0 spiro atoms. The molecule has 0 saturated carbocycles. The van der Waals surface area contributed by atoms with E-state index in [1.165, 1.54) is 25.3 Å². The van der Waals surface area contributed by atoms with Gasteiger partial charge in [0.15, 0.2) is 0 Å². The SMILES string of the molecule is C=C(CC)N(c1ccc(F)c(Cl)c1)C(C)CCCCC. The molecule has 1 aromatic carbocycles. The predicted octanol–water partition coefficient (Wildman–Crippen LogP) is 6.18. The zero-order chi connectivity index (χ0) is 15.1. The highest BCUT2D eigenvalue weighted by molar-refractivity contribution is 6.31. The van der Waals surface area contributed by atoms with Gasteiger partial charge in [0.2, 0.25) is 0 Å². The van der Waals surface area contributed by atoms with E-state index in [9.17, 15) is 4.39 Å². The number of benzene rings is 1. The lowest BCUT2D eigenvalue weighted by Crippen LogP contribution is -2.31. The zero-order valence-electron chi connectivity index (χ0n) is 12.8. The number of hydrogen-bond acceptors (Lipinski definition) is 1. The maximum Gasteiger partial charge on any atom is 0.141 e. The van der Waals surface area contributed by atoms with Gasteiger partial charge in [-0.3, -0.25) is 0 Å². The Labute approximate surface area is 127 Å². The summed E-state index contributed by atoms with van der Waals surface area (Å²) >= 11 is 5.91. The van der Waals surface area contributed by atoms with E-state index in [1.807, 2.05) is 0 Å². The van der Waals surface area contributed by atoms with Crippen molar-refractivity contribution in [2.45, 2.75) is 58.9 Å². The van der Waals surface area contributed by atoms with Crippen LogP contribution in [-0.4, -0.2) is 6.04 Å². The minimum absolute atomic E-state index is 0.164. The van der Waals surface area contributed by atoms with E-state index >= 15 is 0 Å². The number of hydrogen-bond donors (Lipinski definition) is 0. The van der Waals surface area contributed by atoms with E-state index in [-0.39, 0.29) is 10.8 Å². The number of anilines is 1. The molecule has 0 radical (unpaired) electrons. The van der Waals surface area contributed by atoms with Crippen molar-refractivity contribution in [3.05, 3.63) is 41.3 Å². The van der Waals surface area contributed by atoms with Crippen molar-refractivity contribution in [3.8, 4) is 0 Å². The number of nitrogens with zero attached hydrogens (tertiary/aromatic N) is 1. The Bertz CT molecular complexity index is 445. The fourth-order valence-electron chi connectivity index (χ4n) is 2.37. The quantitative estimate of drug-likeness (QED) is 0.518. The highest BCUT2D eigenvalue weighted by Crippen LogP contribution is 2.29. The minimum atomic E-state index is -0.379. The van der Waals surface area contributed by atoms with E-state index in [2.05, 4.69) is 32.3 Å². The Balaban J connectivity index is 2.93. The summed E-state index contributed by atoms with van der Waals surface area (Å²) < 4.78 is 13.3. The molecule has 20 heavy (non-hydrogen) atoms. The molecule has 0 aliphatic carbocycles. The van der Waals surface area contributed by atoms with Gasteiger partial charge in [-0.05, 0) is 38.0 Å². The van der Waals surface area contributed by atoms with Gasteiger partial charge in [0.25, 0.3) is 0 Å². The van der Waals surface area contributed by atoms with Crippen molar-refractivity contribution in [1.82, 2.24) is 0 Å². The number of unbranched alkanes of at least 4 members (excludes halogenated alkanes) is 2. The van der Waals surface area contributed by atoms with E-state index in [0.29, 0.717) is 6.04 Å². The average molecular weight is 298 g/mol. The monoisotopic (exact) mass is 297 g/mol. The third kappa shape index (κ3) is 4.52. The first kappa shape index (κ1) is 17.0. The largest absolute Gasteiger partial charge is 0.343 e. The average Bonchev–Trinajstić information content (AvgIpc) is 2.43. The fourth-order valence-corrected chi connectivity index (χ4v) is 2.55. The summed E-state index contributed by atoms with van der Waals surface area (Å²) in [5, 5.41) is 0.164. The van der Waals surface area contributed by atoms with Crippen LogP contribution in [0.1, 0.15) is 52.9 Å². The Morgan fingerprint density at radius 1 is 1.35 bits per heavy atom. The van der Waals surface area contributed by atoms with E-state index < -0.39 is 0 Å². The van der Waals surface area contributed by atoms with E-state index in [4.69, 9.17) is 11.6 Å². The van der Waals surface area contributed by atoms with Gasteiger partial charge in [-0.15, -0.1) is 0 Å². The van der Waals surface area contributed by atoms with Gasteiger partial charge in [0.1, 0.15) is 5.82 Å². The summed E-state index contributed by atoms with van der Waals surface area (Å²) in [6.45, 7) is 10.6. The van der Waals surface area contributed by atoms with Crippen molar-refractivity contribution < 1.29 is 4.39 Å². The van der Waals surface area contributed by atoms with Gasteiger partial charge < -0.3 is 4.90 Å². The van der Waals surface area contributed by atoms with Crippen LogP contribution in [0.25, 0.3) is 0 Å². The third-order valence-corrected chi connectivity index (χ3v) is 3.89. The summed E-state index contributed by atoms with van der Waals surface area (Å²) in [6.07, 6.45) is 5.61. The lowest BCUT2D eigenvalue weighted by Gasteiger charge is -2.33. The molecular weight excluding hydrogens is 273 g/mol. The first-order valence-corrected chi connectivity index (χ1v) is 7.81. The number of halogens is 2. The molecule has 0 bridgehead atoms. The summed E-state index contributed by atoms with van der Waals surface area (Å²) in [6, 6.07) is 5.23. The summed E-state index contributed by atoms with van der Waals surface area (Å²) in [5.74, 6) is -0.379. The standard InChI is InChI=1S/C17H25ClFN/c1-5-7-8-9-14(4)20(13(3)6-2)15-10-11-17(19)16(18)12-15/h10-12,14H,3,5-9H2,1-2,4H3. The van der Waals surface area contributed by atoms with Gasteiger partial charge in [-0.1, -0.05) is 51.3 Å². The van der Waals surface area contributed by atoms with Gasteiger partial charge in [0.05, 0.1) is 5.02 Å². The Kier molecular flexibility index (Phi) is 7.08. The summed E-state index contributed by atoms with van der Waals surface area (Å²) in [4.78, 5) is 2.18. The molecule has 3 heteroatoms. The van der Waals surface area contributed by atoms with E-state index in [0.717, 1.165) is 24.2 Å². The molecule has 0 heterocycles. The molecule has 1 rings (SSSR count). The molecule has 0 aliphatic rings. The van der Waals surface area contributed by atoms with Crippen molar-refractivity contribution in [2.24, 2.45) is 0 Å². The van der Waals surface area contributed by atoms with Crippen molar-refractivity contribution >= 4 is 17.3 Å². The Morgan fingerprint density at radius 3 is 2.60 bits per heavy atom. The first-order chi connectivity index (χ1) is 9.51. The molecule has 0 saturated heterocycles. The number of allylic oxidation sites excluding steroid dienone is 1. The molecule has 1 unspecified atom stereocenters. The molecule has 0 aromatic heterocycles. The molecule has 1 nitrogen and oxygen atoms in total. The van der Waals surface area contributed by atoms with Crippen LogP contribution in [0.15, 0.2) is 30.5 Å². The van der Waals surface area contributed by atoms with Crippen LogP contribution in [0.2, 0.25) is 5.02 Å². The van der Waals surface area contributed by atoms with Crippen molar-refractivity contribution in [1.29, 1.82) is 0 Å². The number of rotatable bonds is 8. The lowest BCUT2D eigenvalue weighted by molar-refractivity contribution is 0.566. The fraction of sp³-hybridized carbons (Fsp3) is 0.529. The lowest BCUT2D eigenvalue weighted by atomic mass is 10.1. The highest BCUT2D eigenvalue weighted by Gasteiger charge is 2.17. The van der Waals surface area contributed by atoms with Crippen LogP contribution < -0.4 is 4.90 Å². The molecule has 0 aliphatic heterocycles. The van der Waals surface area contributed by atoms with Crippen LogP contribution in [0.5, 0.6) is 0 Å². The van der Waals surface area contributed by atoms with Gasteiger partial charge in [0, 0.05) is 17.4 Å². The third-order valence-electron chi connectivity index (χ3n) is 3.60. The van der Waals surface area contributed by atoms with Crippen LogP contribution >= 0.6 is 11.6 Å². The van der Waals surface area contributed by atoms with Gasteiger partial charge in [-0.25, -0.2) is 4.39 Å². The molecule has 0 N–H and O–H groups in total. The second-order valence-corrected chi connectivity index (χ2v) is 5.64. The van der Waals surface area contributed by atoms with Crippen molar-refractivity contribution in [3.63, 3.8) is 0 Å². The second-order valence-electron chi connectivity index (χ2n) is 5.23. The van der Waals surface area contributed by atoms with Crippen LogP contribution in [0.4, 0.5) is 10.1 Å². The second kappa shape index (κ2) is 8.31. The molecule has 112 valence electrons. The topological polar surface area (TPSA) is 3.24 Å². The normalized spacial score (nSPS) is 12.2. The Hall–Kier alpha value is -1.02. The molecule has 0 amide bonds. The van der Waals surface area contributed by atoms with E-state index in [1.54, 1.807) is 12.1 Å². The minimum Gasteiger partial charge on any atom is -0.343 e. The molecule has 1 aromatic rings. The zero-order valence-corrected chi connectivity index (χ0v) is 13.5. The first-order valence-electron chi connectivity index (χ1n) is 7.43. The molecule has 0 fully saturated rings. The molecular formula is C17H25ClFN. The maximum absolute atomic E-state index is 13.3. The maximum atomic E-state index is 13.3. The molecule has 1 atom stereocenters. The van der Waals surface area contributed by atoms with Crippen LogP contribution in [0, 0.1) is 5.82 Å². The highest BCUT2D eigenvalue weighted by atomic mass is 35.5. The van der Waals surface area contributed by atoms with Crippen LogP contribution in [-0.2, 0) is 0 Å². The summed E-state index contributed by atoms with van der Waals surface area (Å²) in [5.41, 5.74) is 1.96. The summed E-state index contributed by atoms with van der Waals surface area (Å²) in [7, 11) is 0. The smallest absolute Gasteiger partial charge is 0.141 e.